The highest BCUT2D eigenvalue weighted by molar-refractivity contribution is 6.30. The van der Waals surface area contributed by atoms with Crippen LogP contribution in [0, 0.1) is 24.6 Å². The Hall–Kier alpha value is -2.46. The fourth-order valence-electron chi connectivity index (χ4n) is 4.65. The van der Waals surface area contributed by atoms with Crippen molar-refractivity contribution in [3.63, 3.8) is 0 Å². The number of anilines is 1. The van der Waals surface area contributed by atoms with Crippen LogP contribution < -0.4 is 5.32 Å². The predicted molar refractivity (Wildman–Crippen MR) is 120 cm³/mol. The molecular weight excluding hydrogens is 399 g/mol. The second-order valence-corrected chi connectivity index (χ2v) is 8.85. The Morgan fingerprint density at radius 3 is 2.63 bits per heavy atom. The highest BCUT2D eigenvalue weighted by atomic mass is 35.5. The molecular formula is C25H26ClFN2O. The molecule has 30 heavy (non-hydrogen) atoms. The summed E-state index contributed by atoms with van der Waals surface area (Å²) in [7, 11) is 0. The van der Waals surface area contributed by atoms with E-state index in [2.05, 4.69) is 10.3 Å². The first-order chi connectivity index (χ1) is 14.4. The number of fused-ring (bicyclic) bond motifs is 1. The normalized spacial score (nSPS) is 20.1. The van der Waals surface area contributed by atoms with E-state index >= 15 is 0 Å². The van der Waals surface area contributed by atoms with Gasteiger partial charge in [0.1, 0.15) is 5.82 Å². The average molecular weight is 425 g/mol. The lowest BCUT2D eigenvalue weighted by molar-refractivity contribution is -0.121. The van der Waals surface area contributed by atoms with Crippen LogP contribution in [0.3, 0.4) is 0 Å². The van der Waals surface area contributed by atoms with E-state index in [1.54, 1.807) is 18.2 Å². The van der Waals surface area contributed by atoms with Crippen molar-refractivity contribution < 1.29 is 9.18 Å². The number of pyridine rings is 1. The molecule has 1 amide bonds. The summed E-state index contributed by atoms with van der Waals surface area (Å²) < 4.78 is 13.8. The van der Waals surface area contributed by atoms with Crippen LogP contribution in [0.4, 0.5) is 10.1 Å². The van der Waals surface area contributed by atoms with Crippen molar-refractivity contribution in [3.05, 3.63) is 70.6 Å². The molecule has 1 atom stereocenters. The Labute approximate surface area is 181 Å². The summed E-state index contributed by atoms with van der Waals surface area (Å²) in [6.45, 7) is 3.96. The number of aryl methyl sites for hydroxylation is 1. The van der Waals surface area contributed by atoms with Crippen LogP contribution in [0.25, 0.3) is 10.9 Å². The molecule has 1 saturated carbocycles. The number of benzene rings is 2. The summed E-state index contributed by atoms with van der Waals surface area (Å²) in [5.41, 5.74) is 3.78. The molecule has 1 heterocycles. The van der Waals surface area contributed by atoms with Gasteiger partial charge < -0.3 is 5.32 Å². The van der Waals surface area contributed by atoms with E-state index in [1.807, 2.05) is 38.2 Å². The fourth-order valence-corrected chi connectivity index (χ4v) is 4.88. The van der Waals surface area contributed by atoms with E-state index in [0.29, 0.717) is 16.9 Å². The van der Waals surface area contributed by atoms with Crippen LogP contribution in [-0.2, 0) is 4.79 Å². The molecule has 0 bridgehead atoms. The second kappa shape index (κ2) is 8.73. The first-order valence-electron chi connectivity index (χ1n) is 10.5. The van der Waals surface area contributed by atoms with Crippen LogP contribution in [0.5, 0.6) is 0 Å². The standard InChI is InChI=1S/C25H26ClFN2O/c1-15-13-19(26)7-9-23(15)29-25(30)16(2)17-3-5-18(6-4-17)21-11-12-28-24-10-8-20(27)14-22(21)24/h7-14,16-18H,3-6H2,1-2H3,(H,29,30). The minimum atomic E-state index is -0.228. The maximum Gasteiger partial charge on any atom is 0.227 e. The first-order valence-corrected chi connectivity index (χ1v) is 10.9. The van der Waals surface area contributed by atoms with Crippen molar-refractivity contribution in [2.45, 2.75) is 45.4 Å². The quantitative estimate of drug-likeness (QED) is 0.495. The third kappa shape index (κ3) is 4.34. The Bertz CT molecular complexity index is 1080. The SMILES string of the molecule is Cc1cc(Cl)ccc1NC(=O)C(C)C1CCC(c2ccnc3ccc(F)cc23)CC1. The summed E-state index contributed by atoms with van der Waals surface area (Å²) in [4.78, 5) is 17.2. The Balaban J connectivity index is 1.42. The van der Waals surface area contributed by atoms with Crippen LogP contribution in [0.15, 0.2) is 48.7 Å². The predicted octanol–water partition coefficient (Wildman–Crippen LogP) is 6.88. The smallest absolute Gasteiger partial charge is 0.227 e. The van der Waals surface area contributed by atoms with Crippen molar-refractivity contribution >= 4 is 34.1 Å². The number of carbonyl (C=O) groups excluding carboxylic acids is 1. The van der Waals surface area contributed by atoms with E-state index in [-0.39, 0.29) is 17.6 Å². The molecule has 4 rings (SSSR count). The summed E-state index contributed by atoms with van der Waals surface area (Å²) >= 11 is 6.01. The molecule has 0 aliphatic heterocycles. The molecule has 1 unspecified atom stereocenters. The molecule has 1 N–H and O–H groups in total. The summed E-state index contributed by atoms with van der Waals surface area (Å²) in [5, 5.41) is 4.63. The number of nitrogens with zero attached hydrogens (tertiary/aromatic N) is 1. The van der Waals surface area contributed by atoms with E-state index < -0.39 is 0 Å². The number of halogens is 2. The van der Waals surface area contributed by atoms with Gasteiger partial charge in [-0.15, -0.1) is 0 Å². The third-order valence-electron chi connectivity index (χ3n) is 6.52. The number of hydrogen-bond donors (Lipinski definition) is 1. The van der Waals surface area contributed by atoms with Gasteiger partial charge >= 0.3 is 0 Å². The van der Waals surface area contributed by atoms with Crippen molar-refractivity contribution in [1.29, 1.82) is 0 Å². The number of aromatic nitrogens is 1. The topological polar surface area (TPSA) is 42.0 Å². The molecule has 0 spiro atoms. The molecule has 1 aromatic heterocycles. The molecule has 3 nitrogen and oxygen atoms in total. The van der Waals surface area contributed by atoms with Gasteiger partial charge in [-0.3, -0.25) is 9.78 Å². The average Bonchev–Trinajstić information content (AvgIpc) is 2.75. The monoisotopic (exact) mass is 424 g/mol. The summed E-state index contributed by atoms with van der Waals surface area (Å²) in [5.74, 6) is 0.488. The Kier molecular flexibility index (Phi) is 6.05. The minimum Gasteiger partial charge on any atom is -0.326 e. The number of nitrogens with one attached hydrogen (secondary N) is 1. The zero-order chi connectivity index (χ0) is 21.3. The lowest BCUT2D eigenvalue weighted by Crippen LogP contribution is -2.29. The zero-order valence-electron chi connectivity index (χ0n) is 17.3. The third-order valence-corrected chi connectivity index (χ3v) is 6.75. The van der Waals surface area contributed by atoms with Gasteiger partial charge in [-0.05, 0) is 98.0 Å². The lowest BCUT2D eigenvalue weighted by Gasteiger charge is -2.32. The van der Waals surface area contributed by atoms with Crippen molar-refractivity contribution in [3.8, 4) is 0 Å². The number of hydrogen-bond acceptors (Lipinski definition) is 2. The van der Waals surface area contributed by atoms with Gasteiger partial charge in [0.05, 0.1) is 5.52 Å². The van der Waals surface area contributed by atoms with E-state index in [9.17, 15) is 9.18 Å². The zero-order valence-corrected chi connectivity index (χ0v) is 18.0. The molecule has 0 radical (unpaired) electrons. The molecule has 1 aliphatic rings. The molecule has 0 saturated heterocycles. The van der Waals surface area contributed by atoms with Gasteiger partial charge in [0, 0.05) is 28.2 Å². The largest absolute Gasteiger partial charge is 0.326 e. The van der Waals surface area contributed by atoms with Gasteiger partial charge in [-0.25, -0.2) is 4.39 Å². The van der Waals surface area contributed by atoms with Gasteiger partial charge in [-0.2, -0.15) is 0 Å². The van der Waals surface area contributed by atoms with E-state index in [1.165, 1.54) is 11.6 Å². The maximum atomic E-state index is 13.8. The second-order valence-electron chi connectivity index (χ2n) is 8.41. The first kappa shape index (κ1) is 20.8. The molecule has 3 aromatic rings. The van der Waals surface area contributed by atoms with Crippen molar-refractivity contribution in [1.82, 2.24) is 4.98 Å². The molecule has 1 aliphatic carbocycles. The Morgan fingerprint density at radius 1 is 1.13 bits per heavy atom. The molecule has 5 heteroatoms. The van der Waals surface area contributed by atoms with Crippen LogP contribution in [-0.4, -0.2) is 10.9 Å². The number of rotatable bonds is 4. The maximum absolute atomic E-state index is 13.8. The lowest BCUT2D eigenvalue weighted by atomic mass is 9.73. The van der Waals surface area contributed by atoms with Gasteiger partial charge in [0.15, 0.2) is 0 Å². The van der Waals surface area contributed by atoms with Crippen LogP contribution >= 0.6 is 11.6 Å². The number of amides is 1. The van der Waals surface area contributed by atoms with Crippen LogP contribution in [0.2, 0.25) is 5.02 Å². The van der Waals surface area contributed by atoms with Gasteiger partial charge in [0.25, 0.3) is 0 Å². The van der Waals surface area contributed by atoms with Crippen LogP contribution in [0.1, 0.15) is 49.7 Å². The summed E-state index contributed by atoms with van der Waals surface area (Å²) in [6.07, 6.45) is 5.78. The summed E-state index contributed by atoms with van der Waals surface area (Å²) in [6, 6.07) is 12.3. The fraction of sp³-hybridized carbons (Fsp3) is 0.360. The van der Waals surface area contributed by atoms with E-state index in [4.69, 9.17) is 11.6 Å². The van der Waals surface area contributed by atoms with Gasteiger partial charge in [0.2, 0.25) is 5.91 Å². The molecule has 156 valence electrons. The minimum absolute atomic E-state index is 0.0558. The molecule has 2 aromatic carbocycles. The molecule has 1 fully saturated rings. The number of carbonyl (C=O) groups is 1. The highest BCUT2D eigenvalue weighted by Crippen LogP contribution is 2.41. The highest BCUT2D eigenvalue weighted by Gasteiger charge is 2.30. The van der Waals surface area contributed by atoms with Crippen molar-refractivity contribution in [2.75, 3.05) is 5.32 Å². The van der Waals surface area contributed by atoms with E-state index in [0.717, 1.165) is 47.8 Å². The van der Waals surface area contributed by atoms with Gasteiger partial charge in [-0.1, -0.05) is 18.5 Å². The Morgan fingerprint density at radius 2 is 1.90 bits per heavy atom. The van der Waals surface area contributed by atoms with Crippen molar-refractivity contribution in [2.24, 2.45) is 11.8 Å².